The van der Waals surface area contributed by atoms with Gasteiger partial charge >= 0.3 is 5.69 Å². The maximum atomic E-state index is 15.6. The number of carbonyl (C=O) groups is 1. The van der Waals surface area contributed by atoms with Crippen LogP contribution in [0.5, 0.6) is 5.75 Å². The van der Waals surface area contributed by atoms with E-state index < -0.39 is 29.1 Å². The Balaban J connectivity index is 1.44. The molecule has 9 nitrogen and oxygen atoms in total. The van der Waals surface area contributed by atoms with Gasteiger partial charge < -0.3 is 25.5 Å². The van der Waals surface area contributed by atoms with Crippen LogP contribution in [0.1, 0.15) is 52.7 Å². The number of benzene rings is 3. The Morgan fingerprint density at radius 1 is 1.05 bits per heavy atom. The van der Waals surface area contributed by atoms with Crippen LogP contribution in [0.25, 0.3) is 22.3 Å². The zero-order valence-corrected chi connectivity index (χ0v) is 25.3. The van der Waals surface area contributed by atoms with Crippen molar-refractivity contribution in [2.75, 3.05) is 12.4 Å². The van der Waals surface area contributed by atoms with Gasteiger partial charge in [-0.15, -0.1) is 0 Å². The number of ether oxygens (including phenoxy) is 1. The molecule has 0 saturated heterocycles. The minimum atomic E-state index is -0.695. The maximum Gasteiger partial charge on any atom is 0.328 e. The lowest BCUT2D eigenvalue weighted by atomic mass is 9.90. The fraction of sp³-hybridized carbons (Fsp3) is 0.324. The number of H-pyrrole nitrogens is 1. The first-order valence-electron chi connectivity index (χ1n) is 14.7. The second-order valence-corrected chi connectivity index (χ2v) is 11.3. The molecule has 1 fully saturated rings. The molecule has 1 heterocycles. The summed E-state index contributed by atoms with van der Waals surface area (Å²) in [5.41, 5.74) is 4.37. The second kappa shape index (κ2) is 13.0. The van der Waals surface area contributed by atoms with Crippen LogP contribution in [0.2, 0.25) is 0 Å². The lowest BCUT2D eigenvalue weighted by Crippen LogP contribution is -2.41. The minimum absolute atomic E-state index is 0.0719. The Morgan fingerprint density at radius 3 is 2.45 bits per heavy atom. The number of hydrogen-bond acceptors (Lipinski definition) is 6. The van der Waals surface area contributed by atoms with Crippen molar-refractivity contribution in [1.82, 2.24) is 14.9 Å². The fourth-order valence-corrected chi connectivity index (χ4v) is 5.92. The SMILES string of the molecule is COc1cc(-c2cccc(-c3cccc(NC(=O)c4c[nH]c(=O)n(C)c4=O)c3C)c2C)cc(F)c1CN[C@@H]1CCCC[C@@H]1O. The molecule has 5 rings (SSSR count). The third kappa shape index (κ3) is 6.09. The fourth-order valence-electron chi connectivity index (χ4n) is 5.92. The van der Waals surface area contributed by atoms with Crippen molar-refractivity contribution in [2.24, 2.45) is 7.05 Å². The summed E-state index contributed by atoms with van der Waals surface area (Å²) >= 11 is 0. The molecule has 1 aliphatic rings. The lowest BCUT2D eigenvalue weighted by Gasteiger charge is -2.28. The molecule has 0 radical (unpaired) electrons. The molecule has 4 N–H and O–H groups in total. The van der Waals surface area contributed by atoms with Gasteiger partial charge in [-0.25, -0.2) is 9.18 Å². The van der Waals surface area contributed by atoms with Gasteiger partial charge in [0.1, 0.15) is 17.1 Å². The summed E-state index contributed by atoms with van der Waals surface area (Å²) in [5, 5.41) is 16.4. The molecule has 2 atom stereocenters. The average molecular weight is 601 g/mol. The summed E-state index contributed by atoms with van der Waals surface area (Å²) in [5.74, 6) is -0.601. The maximum absolute atomic E-state index is 15.6. The van der Waals surface area contributed by atoms with E-state index in [-0.39, 0.29) is 18.2 Å². The van der Waals surface area contributed by atoms with Gasteiger partial charge in [-0.05, 0) is 78.3 Å². The normalized spacial score (nSPS) is 16.5. The van der Waals surface area contributed by atoms with E-state index in [4.69, 9.17) is 4.74 Å². The number of aromatic amines is 1. The van der Waals surface area contributed by atoms with Gasteiger partial charge in [-0.2, -0.15) is 0 Å². The predicted octanol–water partition coefficient (Wildman–Crippen LogP) is 4.82. The summed E-state index contributed by atoms with van der Waals surface area (Å²) in [6.07, 6.45) is 4.31. The smallest absolute Gasteiger partial charge is 0.328 e. The van der Waals surface area contributed by atoms with Gasteiger partial charge in [-0.3, -0.25) is 14.2 Å². The van der Waals surface area contributed by atoms with E-state index in [2.05, 4.69) is 15.6 Å². The highest BCUT2D eigenvalue weighted by Crippen LogP contribution is 2.38. The molecule has 4 aromatic rings. The van der Waals surface area contributed by atoms with Gasteiger partial charge in [0.15, 0.2) is 0 Å². The molecule has 0 aliphatic heterocycles. The summed E-state index contributed by atoms with van der Waals surface area (Å²) in [6, 6.07) is 14.5. The highest BCUT2D eigenvalue weighted by Gasteiger charge is 2.24. The zero-order chi connectivity index (χ0) is 31.5. The number of aliphatic hydroxyl groups is 1. The number of nitrogens with one attached hydrogen (secondary N) is 3. The molecule has 230 valence electrons. The van der Waals surface area contributed by atoms with Crippen molar-refractivity contribution in [3.8, 4) is 28.0 Å². The number of rotatable bonds is 8. The molecule has 1 amide bonds. The predicted molar refractivity (Wildman–Crippen MR) is 169 cm³/mol. The van der Waals surface area contributed by atoms with Gasteiger partial charge in [0.05, 0.1) is 13.2 Å². The van der Waals surface area contributed by atoms with Gasteiger partial charge in [0, 0.05) is 37.1 Å². The van der Waals surface area contributed by atoms with E-state index in [1.807, 2.05) is 50.2 Å². The zero-order valence-electron chi connectivity index (χ0n) is 25.3. The number of carbonyl (C=O) groups excluding carboxylic acids is 1. The van der Waals surface area contributed by atoms with Gasteiger partial charge in [0.2, 0.25) is 0 Å². The van der Waals surface area contributed by atoms with Crippen molar-refractivity contribution in [2.45, 2.75) is 58.2 Å². The highest BCUT2D eigenvalue weighted by atomic mass is 19.1. The summed E-state index contributed by atoms with van der Waals surface area (Å²) < 4.78 is 22.0. The number of aliphatic hydroxyl groups excluding tert-OH is 1. The third-order valence-electron chi connectivity index (χ3n) is 8.59. The number of amides is 1. The minimum Gasteiger partial charge on any atom is -0.496 e. The molecule has 0 spiro atoms. The Hall–Kier alpha value is -4.54. The quantitative estimate of drug-likeness (QED) is 0.230. The summed E-state index contributed by atoms with van der Waals surface area (Å²) in [7, 11) is 2.82. The number of aromatic nitrogens is 2. The molecule has 10 heteroatoms. The van der Waals surface area contributed by atoms with Gasteiger partial charge in [-0.1, -0.05) is 43.2 Å². The lowest BCUT2D eigenvalue weighted by molar-refractivity contribution is 0.0899. The number of methoxy groups -OCH3 is 1. The van der Waals surface area contributed by atoms with Crippen LogP contribution in [0.3, 0.4) is 0 Å². The van der Waals surface area contributed by atoms with Crippen molar-refractivity contribution in [3.63, 3.8) is 0 Å². The van der Waals surface area contributed by atoms with Crippen molar-refractivity contribution < 1.29 is 19.0 Å². The van der Waals surface area contributed by atoms with Crippen LogP contribution in [0, 0.1) is 19.7 Å². The number of hydrogen-bond donors (Lipinski definition) is 4. The standard InChI is InChI=1S/C34H37FN4O5/c1-19-22(21-15-27(35)25(31(16-21)44-4)17-36-29-12-5-6-14-30(29)40)9-7-10-23(19)24-11-8-13-28(20(24)2)38-32(41)26-18-37-34(43)39(3)33(26)42/h7-11,13,15-16,18,29-30,36,40H,5-6,12,14,17H2,1-4H3,(H,37,43)(H,38,41)/t29-,30+/m1/s1. The number of anilines is 1. The molecule has 3 aromatic carbocycles. The average Bonchev–Trinajstić information content (AvgIpc) is 3.01. The van der Waals surface area contributed by atoms with E-state index in [0.29, 0.717) is 22.6 Å². The number of nitrogens with zero attached hydrogens (tertiary/aromatic N) is 1. The summed E-state index contributed by atoms with van der Waals surface area (Å²) in [4.78, 5) is 39.5. The van der Waals surface area contributed by atoms with Crippen LogP contribution in [0.4, 0.5) is 10.1 Å². The summed E-state index contributed by atoms with van der Waals surface area (Å²) in [6.45, 7) is 4.08. The monoisotopic (exact) mass is 600 g/mol. The third-order valence-corrected chi connectivity index (χ3v) is 8.59. The number of halogens is 1. The molecule has 0 bridgehead atoms. The van der Waals surface area contributed by atoms with Crippen LogP contribution in [0.15, 0.2) is 64.3 Å². The highest BCUT2D eigenvalue weighted by molar-refractivity contribution is 6.04. The Kier molecular flexibility index (Phi) is 9.12. The topological polar surface area (TPSA) is 125 Å². The van der Waals surface area contributed by atoms with E-state index >= 15 is 4.39 Å². The Morgan fingerprint density at radius 2 is 1.73 bits per heavy atom. The molecule has 1 aliphatic carbocycles. The van der Waals surface area contributed by atoms with Crippen LogP contribution in [-0.4, -0.2) is 39.8 Å². The van der Waals surface area contributed by atoms with Crippen molar-refractivity contribution in [1.29, 1.82) is 0 Å². The molecule has 0 unspecified atom stereocenters. The molecule has 44 heavy (non-hydrogen) atoms. The van der Waals surface area contributed by atoms with Crippen molar-refractivity contribution in [3.05, 3.63) is 104 Å². The second-order valence-electron chi connectivity index (χ2n) is 11.3. The van der Waals surface area contributed by atoms with Crippen molar-refractivity contribution >= 4 is 11.6 Å². The van der Waals surface area contributed by atoms with Crippen LogP contribution in [-0.2, 0) is 13.6 Å². The first kappa shape index (κ1) is 30.9. The Labute approximate surface area is 254 Å². The first-order chi connectivity index (χ1) is 21.1. The van der Waals surface area contributed by atoms with E-state index in [0.717, 1.165) is 64.3 Å². The first-order valence-corrected chi connectivity index (χ1v) is 14.7. The van der Waals surface area contributed by atoms with E-state index in [1.54, 1.807) is 6.07 Å². The molecule has 1 aromatic heterocycles. The largest absolute Gasteiger partial charge is 0.496 e. The van der Waals surface area contributed by atoms with Gasteiger partial charge in [0.25, 0.3) is 11.5 Å². The van der Waals surface area contributed by atoms with E-state index in [9.17, 15) is 19.5 Å². The van der Waals surface area contributed by atoms with E-state index in [1.165, 1.54) is 20.2 Å². The molecule has 1 saturated carbocycles. The molecular weight excluding hydrogens is 563 g/mol. The van der Waals surface area contributed by atoms with Crippen LogP contribution >= 0.6 is 0 Å². The molecular formula is C34H37FN4O5. The van der Waals surface area contributed by atoms with Crippen LogP contribution < -0.4 is 26.6 Å². The Bertz CT molecular complexity index is 1830.